The third-order valence-electron chi connectivity index (χ3n) is 3.65. The standard InChI is InChI=1S/C19H19N3O2S/c1-13-18(15-6-10-17(24-3)11-7-15)21-19(25-13)22-20-12-14-4-8-16(23-2)9-5-14/h4-12H,1-3H3,(H,21,22). The molecule has 3 aromatic rings. The van der Waals surface area contributed by atoms with E-state index in [1.165, 1.54) is 0 Å². The van der Waals surface area contributed by atoms with E-state index in [1.807, 2.05) is 48.5 Å². The van der Waals surface area contributed by atoms with Crippen molar-refractivity contribution in [2.24, 2.45) is 5.10 Å². The summed E-state index contributed by atoms with van der Waals surface area (Å²) in [7, 11) is 3.31. The highest BCUT2D eigenvalue weighted by molar-refractivity contribution is 7.15. The van der Waals surface area contributed by atoms with E-state index in [0.717, 1.165) is 38.3 Å². The normalized spacial score (nSPS) is 10.8. The van der Waals surface area contributed by atoms with E-state index >= 15 is 0 Å². The Morgan fingerprint density at radius 2 is 1.56 bits per heavy atom. The van der Waals surface area contributed by atoms with Crippen LogP contribution in [0, 0.1) is 6.92 Å². The van der Waals surface area contributed by atoms with E-state index in [9.17, 15) is 0 Å². The largest absolute Gasteiger partial charge is 0.497 e. The molecule has 0 bridgehead atoms. The number of rotatable bonds is 6. The number of hydrogen-bond acceptors (Lipinski definition) is 6. The predicted octanol–water partition coefficient (Wildman–Crippen LogP) is 4.58. The molecule has 25 heavy (non-hydrogen) atoms. The summed E-state index contributed by atoms with van der Waals surface area (Å²) in [6.45, 7) is 2.05. The van der Waals surface area contributed by atoms with Gasteiger partial charge in [-0.25, -0.2) is 4.98 Å². The molecule has 0 unspecified atom stereocenters. The molecule has 5 nitrogen and oxygen atoms in total. The monoisotopic (exact) mass is 353 g/mol. The molecule has 1 aromatic heterocycles. The van der Waals surface area contributed by atoms with Crippen molar-refractivity contribution in [2.45, 2.75) is 6.92 Å². The first-order valence-electron chi connectivity index (χ1n) is 7.74. The van der Waals surface area contributed by atoms with Crippen molar-refractivity contribution in [3.63, 3.8) is 0 Å². The maximum absolute atomic E-state index is 5.19. The van der Waals surface area contributed by atoms with Crippen LogP contribution in [0.15, 0.2) is 53.6 Å². The number of aryl methyl sites for hydroxylation is 1. The Balaban J connectivity index is 1.70. The Morgan fingerprint density at radius 3 is 2.16 bits per heavy atom. The second-order valence-electron chi connectivity index (χ2n) is 5.30. The van der Waals surface area contributed by atoms with E-state index in [-0.39, 0.29) is 0 Å². The van der Waals surface area contributed by atoms with Crippen molar-refractivity contribution in [3.8, 4) is 22.8 Å². The van der Waals surface area contributed by atoms with E-state index in [4.69, 9.17) is 9.47 Å². The predicted molar refractivity (Wildman–Crippen MR) is 103 cm³/mol. The zero-order valence-electron chi connectivity index (χ0n) is 14.3. The van der Waals surface area contributed by atoms with Crippen LogP contribution >= 0.6 is 11.3 Å². The van der Waals surface area contributed by atoms with Gasteiger partial charge in [0.2, 0.25) is 5.13 Å². The second kappa shape index (κ2) is 7.81. The van der Waals surface area contributed by atoms with Gasteiger partial charge in [0.15, 0.2) is 0 Å². The number of nitrogens with zero attached hydrogens (tertiary/aromatic N) is 2. The van der Waals surface area contributed by atoms with Crippen LogP contribution in [-0.2, 0) is 0 Å². The molecule has 128 valence electrons. The molecule has 0 amide bonds. The van der Waals surface area contributed by atoms with Gasteiger partial charge in [-0.1, -0.05) is 0 Å². The molecule has 3 rings (SSSR count). The lowest BCUT2D eigenvalue weighted by Crippen LogP contribution is -1.90. The molecule has 0 atom stereocenters. The zero-order valence-corrected chi connectivity index (χ0v) is 15.1. The molecule has 0 fully saturated rings. The molecular formula is C19H19N3O2S. The van der Waals surface area contributed by atoms with Crippen molar-refractivity contribution >= 4 is 22.7 Å². The number of aromatic nitrogens is 1. The summed E-state index contributed by atoms with van der Waals surface area (Å²) in [6, 6.07) is 15.6. The molecule has 0 saturated heterocycles. The number of benzene rings is 2. The summed E-state index contributed by atoms with van der Waals surface area (Å²) in [6.07, 6.45) is 1.75. The van der Waals surface area contributed by atoms with Crippen molar-refractivity contribution in [2.75, 3.05) is 19.6 Å². The Labute approximate surface area is 151 Å². The minimum Gasteiger partial charge on any atom is -0.497 e. The lowest BCUT2D eigenvalue weighted by Gasteiger charge is -2.01. The van der Waals surface area contributed by atoms with Crippen LogP contribution in [0.5, 0.6) is 11.5 Å². The molecule has 0 spiro atoms. The Kier molecular flexibility index (Phi) is 5.30. The molecular weight excluding hydrogens is 334 g/mol. The third-order valence-corrected chi connectivity index (χ3v) is 4.53. The number of anilines is 1. The minimum absolute atomic E-state index is 0.757. The third kappa shape index (κ3) is 4.16. The lowest BCUT2D eigenvalue weighted by atomic mass is 10.1. The van der Waals surface area contributed by atoms with Crippen LogP contribution in [0.25, 0.3) is 11.3 Å². The number of methoxy groups -OCH3 is 2. The maximum atomic E-state index is 5.19. The first-order chi connectivity index (χ1) is 12.2. The van der Waals surface area contributed by atoms with Gasteiger partial charge in [-0.3, -0.25) is 5.43 Å². The van der Waals surface area contributed by atoms with Gasteiger partial charge in [-0.2, -0.15) is 5.10 Å². The highest BCUT2D eigenvalue weighted by atomic mass is 32.1. The maximum Gasteiger partial charge on any atom is 0.204 e. The topological polar surface area (TPSA) is 55.7 Å². The lowest BCUT2D eigenvalue weighted by molar-refractivity contribution is 0.414. The summed E-state index contributed by atoms with van der Waals surface area (Å²) in [4.78, 5) is 5.76. The van der Waals surface area contributed by atoms with E-state index in [1.54, 1.807) is 31.8 Å². The van der Waals surface area contributed by atoms with Gasteiger partial charge in [0, 0.05) is 10.4 Å². The minimum atomic E-state index is 0.757. The first kappa shape index (κ1) is 17.0. The number of nitrogens with one attached hydrogen (secondary N) is 1. The molecule has 0 aliphatic heterocycles. The fraction of sp³-hybridized carbons (Fsp3) is 0.158. The summed E-state index contributed by atoms with van der Waals surface area (Å²) in [5, 5.41) is 5.01. The molecule has 0 radical (unpaired) electrons. The van der Waals surface area contributed by atoms with E-state index in [0.29, 0.717) is 0 Å². The zero-order chi connectivity index (χ0) is 17.6. The van der Waals surface area contributed by atoms with Crippen molar-refractivity contribution in [3.05, 3.63) is 59.0 Å². The molecule has 0 aliphatic rings. The molecule has 2 aromatic carbocycles. The molecule has 1 heterocycles. The summed E-state index contributed by atoms with van der Waals surface area (Å²) in [5.41, 5.74) is 5.99. The first-order valence-corrected chi connectivity index (χ1v) is 8.56. The average molecular weight is 353 g/mol. The SMILES string of the molecule is COc1ccc(C=NNc2nc(-c3ccc(OC)cc3)c(C)s2)cc1. The fourth-order valence-electron chi connectivity index (χ4n) is 2.31. The number of thiazole rings is 1. The van der Waals surface area contributed by atoms with Crippen molar-refractivity contribution < 1.29 is 9.47 Å². The van der Waals surface area contributed by atoms with Crippen LogP contribution in [-0.4, -0.2) is 25.4 Å². The molecule has 1 N–H and O–H groups in total. The van der Waals surface area contributed by atoms with E-state index in [2.05, 4.69) is 22.4 Å². The highest BCUT2D eigenvalue weighted by Crippen LogP contribution is 2.31. The molecule has 0 saturated carbocycles. The summed E-state index contributed by atoms with van der Waals surface area (Å²) >= 11 is 1.57. The highest BCUT2D eigenvalue weighted by Gasteiger charge is 2.09. The quantitative estimate of drug-likeness (QED) is 0.520. The van der Waals surface area contributed by atoms with Crippen LogP contribution in [0.3, 0.4) is 0 Å². The fourth-order valence-corrected chi connectivity index (χ4v) is 3.10. The second-order valence-corrected chi connectivity index (χ2v) is 6.50. The van der Waals surface area contributed by atoms with Crippen LogP contribution in [0.1, 0.15) is 10.4 Å². The smallest absolute Gasteiger partial charge is 0.204 e. The van der Waals surface area contributed by atoms with Crippen molar-refractivity contribution in [1.82, 2.24) is 4.98 Å². The van der Waals surface area contributed by atoms with E-state index < -0.39 is 0 Å². The number of hydrogen-bond donors (Lipinski definition) is 1. The summed E-state index contributed by atoms with van der Waals surface area (Å²) in [5.74, 6) is 1.66. The van der Waals surface area contributed by atoms with Crippen LogP contribution in [0.2, 0.25) is 0 Å². The Morgan fingerprint density at radius 1 is 0.960 bits per heavy atom. The van der Waals surface area contributed by atoms with Gasteiger partial charge in [0.05, 0.1) is 26.1 Å². The molecule has 6 heteroatoms. The number of ether oxygens (including phenoxy) is 2. The van der Waals surface area contributed by atoms with Gasteiger partial charge in [-0.15, -0.1) is 11.3 Å². The van der Waals surface area contributed by atoms with Gasteiger partial charge in [0.1, 0.15) is 11.5 Å². The van der Waals surface area contributed by atoms with Gasteiger partial charge < -0.3 is 9.47 Å². The van der Waals surface area contributed by atoms with Gasteiger partial charge in [-0.05, 0) is 61.0 Å². The van der Waals surface area contributed by atoms with Crippen LogP contribution in [0.4, 0.5) is 5.13 Å². The summed E-state index contributed by atoms with van der Waals surface area (Å²) < 4.78 is 10.3. The molecule has 0 aliphatic carbocycles. The van der Waals surface area contributed by atoms with Gasteiger partial charge >= 0.3 is 0 Å². The van der Waals surface area contributed by atoms with Gasteiger partial charge in [0.25, 0.3) is 0 Å². The number of hydrazone groups is 1. The van der Waals surface area contributed by atoms with Crippen LogP contribution < -0.4 is 14.9 Å². The average Bonchev–Trinajstić information content (AvgIpc) is 3.03. The van der Waals surface area contributed by atoms with Crippen molar-refractivity contribution in [1.29, 1.82) is 0 Å². The Hall–Kier alpha value is -2.86. The Bertz CT molecular complexity index is 855.